The van der Waals surface area contributed by atoms with Crippen LogP contribution in [0.3, 0.4) is 0 Å². The zero-order valence-electron chi connectivity index (χ0n) is 24.8. The average molecular weight is 664 g/mol. The topological polar surface area (TPSA) is 171 Å². The number of aromatic nitrogens is 4. The molecule has 1 atom stereocenters. The summed E-state index contributed by atoms with van der Waals surface area (Å²) in [6.07, 6.45) is 2.38. The standard InChI is InChI=1S/C28H37N7O6S3/c1-43(36,37)18-22-15-25(34-7-11-40-12-8-34)32-27(30-22)21-5-3-20(4-6-21)24(29)17-42-28-31-23(19-44(2,38)39)16-26(33-28)35-9-13-41-14-10-35/h3-6,15-16,24H,7-14,17-19,29H2,1-2H3. The molecule has 2 fully saturated rings. The molecule has 0 radical (unpaired) electrons. The third-order valence-corrected chi connectivity index (χ3v) is 9.60. The molecule has 16 heteroatoms. The number of rotatable bonds is 11. The monoisotopic (exact) mass is 663 g/mol. The Bertz CT molecular complexity index is 1660. The van der Waals surface area contributed by atoms with Crippen molar-refractivity contribution in [3.05, 3.63) is 53.3 Å². The SMILES string of the molecule is CS(=O)(=O)Cc1cc(N2CCOCC2)nc(SCC(N)c2ccc(-c3nc(CS(C)(=O)=O)cc(N4CCOCC4)n3)cc2)n1. The summed E-state index contributed by atoms with van der Waals surface area (Å²) < 4.78 is 59.0. The molecule has 44 heavy (non-hydrogen) atoms. The summed E-state index contributed by atoms with van der Waals surface area (Å²) in [5.41, 5.74) is 9.05. The Morgan fingerprint density at radius 1 is 0.773 bits per heavy atom. The van der Waals surface area contributed by atoms with Crippen LogP contribution in [0.15, 0.2) is 41.6 Å². The summed E-state index contributed by atoms with van der Waals surface area (Å²) in [4.78, 5) is 22.6. The van der Waals surface area contributed by atoms with Crippen LogP contribution < -0.4 is 15.5 Å². The lowest BCUT2D eigenvalue weighted by Gasteiger charge is -2.28. The van der Waals surface area contributed by atoms with Gasteiger partial charge in [0.15, 0.2) is 30.7 Å². The molecule has 2 aromatic heterocycles. The molecule has 13 nitrogen and oxygen atoms in total. The molecule has 2 aliphatic rings. The van der Waals surface area contributed by atoms with Gasteiger partial charge >= 0.3 is 0 Å². The number of benzene rings is 1. The average Bonchev–Trinajstić information content (AvgIpc) is 2.99. The molecule has 2 aliphatic heterocycles. The van der Waals surface area contributed by atoms with Gasteiger partial charge in [-0.3, -0.25) is 0 Å². The lowest BCUT2D eigenvalue weighted by atomic mass is 10.1. The maximum Gasteiger partial charge on any atom is 0.189 e. The summed E-state index contributed by atoms with van der Waals surface area (Å²) in [5.74, 6) is 1.90. The largest absolute Gasteiger partial charge is 0.378 e. The van der Waals surface area contributed by atoms with Crippen LogP contribution in [-0.2, 0) is 40.7 Å². The smallest absolute Gasteiger partial charge is 0.189 e. The van der Waals surface area contributed by atoms with Gasteiger partial charge < -0.3 is 25.0 Å². The lowest BCUT2D eigenvalue weighted by molar-refractivity contribution is 0.122. The quantitative estimate of drug-likeness (QED) is 0.231. The molecular weight excluding hydrogens is 627 g/mol. The van der Waals surface area contributed by atoms with Crippen molar-refractivity contribution in [3.8, 4) is 11.4 Å². The number of nitrogens with zero attached hydrogens (tertiary/aromatic N) is 6. The molecule has 1 aromatic carbocycles. The molecule has 0 bridgehead atoms. The van der Waals surface area contributed by atoms with Crippen molar-refractivity contribution in [3.63, 3.8) is 0 Å². The molecule has 0 amide bonds. The minimum absolute atomic E-state index is 0.172. The molecule has 0 saturated carbocycles. The van der Waals surface area contributed by atoms with Gasteiger partial charge in [0.25, 0.3) is 0 Å². The first-order chi connectivity index (χ1) is 20.9. The second-order valence-corrected chi connectivity index (χ2v) is 16.2. The van der Waals surface area contributed by atoms with Gasteiger partial charge in [0.05, 0.1) is 49.3 Å². The number of hydrogen-bond donors (Lipinski definition) is 1. The maximum absolute atomic E-state index is 12.0. The number of sulfone groups is 2. The highest BCUT2D eigenvalue weighted by Crippen LogP contribution is 2.27. The fraction of sp³-hybridized carbons (Fsp3) is 0.500. The van der Waals surface area contributed by atoms with Crippen LogP contribution in [0.1, 0.15) is 23.0 Å². The number of ether oxygens (including phenoxy) is 2. The summed E-state index contributed by atoms with van der Waals surface area (Å²) >= 11 is 1.37. The van der Waals surface area contributed by atoms with E-state index in [0.717, 1.165) is 11.1 Å². The number of nitrogens with two attached hydrogens (primary N) is 1. The van der Waals surface area contributed by atoms with Crippen LogP contribution >= 0.6 is 11.8 Å². The van der Waals surface area contributed by atoms with Crippen molar-refractivity contribution < 1.29 is 26.3 Å². The molecule has 0 spiro atoms. The van der Waals surface area contributed by atoms with Crippen LogP contribution in [0.25, 0.3) is 11.4 Å². The van der Waals surface area contributed by atoms with Crippen LogP contribution in [-0.4, -0.2) is 108 Å². The third kappa shape index (κ3) is 9.31. The number of hydrogen-bond acceptors (Lipinski definition) is 14. The zero-order valence-corrected chi connectivity index (χ0v) is 27.2. The Balaban J connectivity index is 1.32. The first kappa shape index (κ1) is 32.5. The predicted molar refractivity (Wildman–Crippen MR) is 170 cm³/mol. The van der Waals surface area contributed by atoms with Crippen molar-refractivity contribution in [1.82, 2.24) is 19.9 Å². The van der Waals surface area contributed by atoms with E-state index in [-0.39, 0.29) is 17.5 Å². The highest BCUT2D eigenvalue weighted by molar-refractivity contribution is 7.99. The van der Waals surface area contributed by atoms with E-state index >= 15 is 0 Å². The molecule has 4 heterocycles. The van der Waals surface area contributed by atoms with Gasteiger partial charge in [-0.15, -0.1) is 0 Å². The third-order valence-electron chi connectivity index (χ3n) is 6.99. The normalized spacial score (nSPS) is 17.1. The van der Waals surface area contributed by atoms with Gasteiger partial charge in [0, 0.05) is 68.2 Å². The molecule has 5 rings (SSSR count). The molecule has 1 unspecified atom stereocenters. The predicted octanol–water partition coefficient (Wildman–Crippen LogP) is 1.49. The van der Waals surface area contributed by atoms with Gasteiger partial charge in [0.1, 0.15) is 11.6 Å². The fourth-order valence-corrected chi connectivity index (χ4v) is 7.10. The highest BCUT2D eigenvalue weighted by atomic mass is 32.2. The van der Waals surface area contributed by atoms with Crippen molar-refractivity contribution in [1.29, 1.82) is 0 Å². The second kappa shape index (κ2) is 14.0. The molecule has 238 valence electrons. The fourth-order valence-electron chi connectivity index (χ4n) is 4.87. The van der Waals surface area contributed by atoms with E-state index < -0.39 is 19.7 Å². The van der Waals surface area contributed by atoms with Crippen LogP contribution in [0.4, 0.5) is 11.6 Å². The van der Waals surface area contributed by atoms with E-state index in [2.05, 4.69) is 24.8 Å². The van der Waals surface area contributed by atoms with Crippen LogP contribution in [0.5, 0.6) is 0 Å². The zero-order chi connectivity index (χ0) is 31.3. The highest BCUT2D eigenvalue weighted by Gasteiger charge is 2.20. The van der Waals surface area contributed by atoms with Crippen LogP contribution in [0, 0.1) is 0 Å². The Morgan fingerprint density at radius 2 is 1.27 bits per heavy atom. The van der Waals surface area contributed by atoms with E-state index in [1.165, 1.54) is 24.3 Å². The van der Waals surface area contributed by atoms with Crippen molar-refractivity contribution in [2.24, 2.45) is 5.73 Å². The van der Waals surface area contributed by atoms with E-state index in [1.54, 1.807) is 12.1 Å². The van der Waals surface area contributed by atoms with Crippen LogP contribution in [0.2, 0.25) is 0 Å². The molecule has 2 saturated heterocycles. The Kier molecular flexibility index (Phi) is 10.4. The summed E-state index contributed by atoms with van der Waals surface area (Å²) in [6.45, 7) is 4.97. The Hall–Kier alpha value is -2.89. The molecule has 2 N–H and O–H groups in total. The van der Waals surface area contributed by atoms with Gasteiger partial charge in [-0.1, -0.05) is 36.0 Å². The second-order valence-electron chi connectivity index (χ2n) is 10.9. The minimum atomic E-state index is -3.29. The van der Waals surface area contributed by atoms with E-state index in [4.69, 9.17) is 20.2 Å². The summed E-state index contributed by atoms with van der Waals surface area (Å²) in [6, 6.07) is 10.7. The number of anilines is 2. The van der Waals surface area contributed by atoms with E-state index in [1.807, 2.05) is 24.3 Å². The minimum Gasteiger partial charge on any atom is -0.378 e. The Morgan fingerprint density at radius 3 is 1.80 bits per heavy atom. The summed E-state index contributed by atoms with van der Waals surface area (Å²) in [7, 11) is -6.57. The van der Waals surface area contributed by atoms with Gasteiger partial charge in [-0.05, 0) is 5.56 Å². The molecule has 3 aromatic rings. The lowest BCUT2D eigenvalue weighted by Crippen LogP contribution is -2.37. The number of thioether (sulfide) groups is 1. The molecule has 0 aliphatic carbocycles. The number of morpholine rings is 2. The molecular formula is C28H37N7O6S3. The van der Waals surface area contributed by atoms with E-state index in [9.17, 15) is 16.8 Å². The summed E-state index contributed by atoms with van der Waals surface area (Å²) in [5, 5.41) is 0.464. The van der Waals surface area contributed by atoms with Crippen molar-refractivity contribution >= 4 is 43.1 Å². The van der Waals surface area contributed by atoms with Crippen molar-refractivity contribution in [2.45, 2.75) is 22.7 Å². The maximum atomic E-state index is 12.0. The van der Waals surface area contributed by atoms with Gasteiger partial charge in [-0.2, -0.15) is 0 Å². The van der Waals surface area contributed by atoms with Crippen molar-refractivity contribution in [2.75, 3.05) is 80.7 Å². The Labute approximate surface area is 262 Å². The first-order valence-electron chi connectivity index (χ1n) is 14.2. The van der Waals surface area contributed by atoms with E-state index in [0.29, 0.717) is 92.4 Å². The first-order valence-corrected chi connectivity index (χ1v) is 19.3. The van der Waals surface area contributed by atoms with Gasteiger partial charge in [0.2, 0.25) is 0 Å². The van der Waals surface area contributed by atoms with Gasteiger partial charge in [-0.25, -0.2) is 36.8 Å².